The Morgan fingerprint density at radius 2 is 1.85 bits per heavy atom. The molecule has 26 heavy (non-hydrogen) atoms. The van der Waals surface area contributed by atoms with Crippen LogP contribution in [0.25, 0.3) is 0 Å². The summed E-state index contributed by atoms with van der Waals surface area (Å²) >= 11 is 6.11. The quantitative estimate of drug-likeness (QED) is 0.504. The van der Waals surface area contributed by atoms with Crippen LogP contribution in [-0.2, 0) is 17.9 Å². The number of ether oxygens (including phenoxy) is 2. The average Bonchev–Trinajstić information content (AvgIpc) is 2.64. The molecule has 142 valence electrons. The van der Waals surface area contributed by atoms with Crippen molar-refractivity contribution in [2.24, 2.45) is 0 Å². The summed E-state index contributed by atoms with van der Waals surface area (Å²) in [6.07, 6.45) is 3.22. The van der Waals surface area contributed by atoms with Gasteiger partial charge in [-0.3, -0.25) is 0 Å². The second kappa shape index (κ2) is 11.9. The van der Waals surface area contributed by atoms with Crippen molar-refractivity contribution < 1.29 is 13.9 Å². The molecule has 2 aromatic rings. The van der Waals surface area contributed by atoms with Gasteiger partial charge < -0.3 is 14.8 Å². The molecule has 0 aliphatic rings. The molecule has 0 atom stereocenters. The minimum atomic E-state index is -0.260. The molecule has 0 heterocycles. The number of hydrogen-bond donors (Lipinski definition) is 1. The van der Waals surface area contributed by atoms with Crippen LogP contribution in [-0.4, -0.2) is 19.8 Å². The maximum atomic E-state index is 13.7. The summed E-state index contributed by atoms with van der Waals surface area (Å²) in [5.41, 5.74) is 1.49. The van der Waals surface area contributed by atoms with Crippen molar-refractivity contribution in [2.75, 3.05) is 19.8 Å². The van der Waals surface area contributed by atoms with Gasteiger partial charge in [0, 0.05) is 35.9 Å². The highest BCUT2D eigenvalue weighted by molar-refractivity contribution is 6.30. The fraction of sp³-hybridized carbons (Fsp3) is 0.429. The molecule has 0 saturated carbocycles. The van der Waals surface area contributed by atoms with Gasteiger partial charge in [-0.2, -0.15) is 0 Å². The van der Waals surface area contributed by atoms with E-state index in [0.29, 0.717) is 22.9 Å². The summed E-state index contributed by atoms with van der Waals surface area (Å²) in [5.74, 6) is 0.452. The number of nitrogens with one attached hydrogen (secondary N) is 1. The molecular formula is C21H27ClFNO2. The van der Waals surface area contributed by atoms with Crippen LogP contribution in [0.15, 0.2) is 42.5 Å². The molecule has 0 unspecified atom stereocenters. The predicted octanol–water partition coefficient (Wildman–Crippen LogP) is 5.35. The molecule has 0 bridgehead atoms. The Morgan fingerprint density at radius 1 is 1.04 bits per heavy atom. The highest BCUT2D eigenvalue weighted by Gasteiger charge is 2.07. The Hall–Kier alpha value is -1.62. The van der Waals surface area contributed by atoms with E-state index in [0.717, 1.165) is 44.6 Å². The molecule has 0 saturated heterocycles. The lowest BCUT2D eigenvalue weighted by Gasteiger charge is -2.13. The smallest absolute Gasteiger partial charge is 0.129 e. The SMILES string of the molecule is CCCCOCCCNCc1cc(Cl)ccc1OCc1ccccc1F. The summed E-state index contributed by atoms with van der Waals surface area (Å²) in [4.78, 5) is 0. The van der Waals surface area contributed by atoms with Gasteiger partial charge >= 0.3 is 0 Å². The first-order valence-electron chi connectivity index (χ1n) is 9.13. The third-order valence-corrected chi connectivity index (χ3v) is 4.20. The van der Waals surface area contributed by atoms with Crippen molar-refractivity contribution in [3.05, 3.63) is 64.4 Å². The molecule has 0 spiro atoms. The van der Waals surface area contributed by atoms with Gasteiger partial charge in [0.15, 0.2) is 0 Å². The van der Waals surface area contributed by atoms with Crippen LogP contribution in [0.4, 0.5) is 4.39 Å². The van der Waals surface area contributed by atoms with E-state index in [9.17, 15) is 4.39 Å². The molecule has 0 amide bonds. The zero-order valence-electron chi connectivity index (χ0n) is 15.3. The lowest BCUT2D eigenvalue weighted by molar-refractivity contribution is 0.128. The van der Waals surface area contributed by atoms with Crippen LogP contribution in [0.2, 0.25) is 5.02 Å². The van der Waals surface area contributed by atoms with Crippen LogP contribution in [0.5, 0.6) is 5.75 Å². The van der Waals surface area contributed by atoms with Gasteiger partial charge in [-0.05, 0) is 43.7 Å². The van der Waals surface area contributed by atoms with Gasteiger partial charge in [0.05, 0.1) is 0 Å². The van der Waals surface area contributed by atoms with Gasteiger partial charge in [-0.25, -0.2) is 4.39 Å². The lowest BCUT2D eigenvalue weighted by Crippen LogP contribution is -2.17. The van der Waals surface area contributed by atoms with Crippen LogP contribution in [0, 0.1) is 5.82 Å². The Labute approximate surface area is 160 Å². The minimum Gasteiger partial charge on any atom is -0.488 e. The zero-order chi connectivity index (χ0) is 18.6. The van der Waals surface area contributed by atoms with E-state index in [4.69, 9.17) is 21.1 Å². The number of rotatable bonds is 12. The van der Waals surface area contributed by atoms with Crippen molar-refractivity contribution in [1.29, 1.82) is 0 Å². The van der Waals surface area contributed by atoms with E-state index in [2.05, 4.69) is 12.2 Å². The number of hydrogen-bond acceptors (Lipinski definition) is 3. The van der Waals surface area contributed by atoms with Crippen molar-refractivity contribution >= 4 is 11.6 Å². The van der Waals surface area contributed by atoms with E-state index in [1.54, 1.807) is 24.3 Å². The van der Waals surface area contributed by atoms with Crippen molar-refractivity contribution in [1.82, 2.24) is 5.32 Å². The molecule has 0 aliphatic heterocycles. The fourth-order valence-corrected chi connectivity index (χ4v) is 2.66. The van der Waals surface area contributed by atoms with Gasteiger partial charge in [0.1, 0.15) is 18.2 Å². The number of benzene rings is 2. The van der Waals surface area contributed by atoms with Gasteiger partial charge in [-0.15, -0.1) is 0 Å². The summed E-state index contributed by atoms with van der Waals surface area (Å²) < 4.78 is 25.1. The first-order chi connectivity index (χ1) is 12.7. The molecule has 3 nitrogen and oxygen atoms in total. The number of halogens is 2. The van der Waals surface area contributed by atoms with Crippen LogP contribution < -0.4 is 10.1 Å². The Morgan fingerprint density at radius 3 is 2.65 bits per heavy atom. The van der Waals surface area contributed by atoms with Crippen molar-refractivity contribution in [3.8, 4) is 5.75 Å². The van der Waals surface area contributed by atoms with E-state index >= 15 is 0 Å². The second-order valence-electron chi connectivity index (χ2n) is 6.13. The molecule has 0 fully saturated rings. The molecule has 0 aliphatic carbocycles. The summed E-state index contributed by atoms with van der Waals surface area (Å²) in [7, 11) is 0. The van der Waals surface area contributed by atoms with Crippen molar-refractivity contribution in [2.45, 2.75) is 39.3 Å². The largest absolute Gasteiger partial charge is 0.488 e. The minimum absolute atomic E-state index is 0.187. The maximum absolute atomic E-state index is 13.7. The molecule has 2 rings (SSSR count). The Kier molecular flexibility index (Phi) is 9.46. The Bertz CT molecular complexity index is 666. The van der Waals surface area contributed by atoms with E-state index in [1.807, 2.05) is 12.1 Å². The summed E-state index contributed by atoms with van der Waals surface area (Å²) in [5, 5.41) is 4.03. The second-order valence-corrected chi connectivity index (χ2v) is 6.56. The Balaban J connectivity index is 1.80. The highest BCUT2D eigenvalue weighted by atomic mass is 35.5. The van der Waals surface area contributed by atoms with E-state index in [-0.39, 0.29) is 12.4 Å². The number of unbranched alkanes of at least 4 members (excludes halogenated alkanes) is 1. The molecule has 1 N–H and O–H groups in total. The standard InChI is InChI=1S/C21H27ClFNO2/c1-2-3-12-25-13-6-11-24-15-18-14-19(22)9-10-21(18)26-16-17-7-4-5-8-20(17)23/h4-5,7-10,14,24H,2-3,6,11-13,15-16H2,1H3. The van der Waals surface area contributed by atoms with Crippen LogP contribution in [0.3, 0.4) is 0 Å². The van der Waals surface area contributed by atoms with Gasteiger partial charge in [0.2, 0.25) is 0 Å². The van der Waals surface area contributed by atoms with Gasteiger partial charge in [0.25, 0.3) is 0 Å². The third kappa shape index (κ3) is 7.32. The molecule has 5 heteroatoms. The fourth-order valence-electron chi connectivity index (χ4n) is 2.47. The summed E-state index contributed by atoms with van der Waals surface area (Å²) in [6, 6.07) is 12.1. The van der Waals surface area contributed by atoms with Crippen LogP contribution in [0.1, 0.15) is 37.3 Å². The summed E-state index contributed by atoms with van der Waals surface area (Å²) in [6.45, 7) is 5.43. The third-order valence-electron chi connectivity index (χ3n) is 3.96. The van der Waals surface area contributed by atoms with Gasteiger partial charge in [-0.1, -0.05) is 43.1 Å². The van der Waals surface area contributed by atoms with Crippen LogP contribution >= 0.6 is 11.6 Å². The first kappa shape index (κ1) is 20.7. The molecule has 0 aromatic heterocycles. The molecular weight excluding hydrogens is 353 g/mol. The monoisotopic (exact) mass is 379 g/mol. The maximum Gasteiger partial charge on any atom is 0.129 e. The highest BCUT2D eigenvalue weighted by Crippen LogP contribution is 2.24. The normalized spacial score (nSPS) is 10.9. The van der Waals surface area contributed by atoms with E-state index < -0.39 is 0 Å². The lowest BCUT2D eigenvalue weighted by atomic mass is 10.2. The first-order valence-corrected chi connectivity index (χ1v) is 9.51. The topological polar surface area (TPSA) is 30.5 Å². The zero-order valence-corrected chi connectivity index (χ0v) is 16.0. The van der Waals surface area contributed by atoms with Crippen molar-refractivity contribution in [3.63, 3.8) is 0 Å². The van der Waals surface area contributed by atoms with E-state index in [1.165, 1.54) is 6.07 Å². The predicted molar refractivity (Wildman–Crippen MR) is 104 cm³/mol. The molecule has 2 aromatic carbocycles. The molecule has 0 radical (unpaired) electrons. The average molecular weight is 380 g/mol.